The van der Waals surface area contributed by atoms with Gasteiger partial charge in [0, 0.05) is 155 Å². The SMILES string of the molecule is Brc1cc(N2CCOCC2)cc2nonc12.C.C.C.C.C.CC(C)(C)OC(=O)CC1CCC(N)CC1.CC(C)(C)OC(=O)CC1CCC(Nc2ncccn2)CC1.Clc1ncccn1.NC1CCC(Nc2ncccn2)CC1.NC1CCC(Nc2ncccn2)CC1.c1cnc(NC2CCC(Cc3cc(N4CCOCC4)cc4nonc34)CC2)nc1. The summed E-state index contributed by atoms with van der Waals surface area (Å²) in [5.41, 5.74) is 23.6. The largest absolute Gasteiger partial charge is 0.460 e. The van der Waals surface area contributed by atoms with Crippen molar-refractivity contribution in [3.63, 3.8) is 0 Å². The van der Waals surface area contributed by atoms with E-state index in [0.717, 1.165) is 225 Å². The van der Waals surface area contributed by atoms with E-state index in [1.54, 1.807) is 68.0 Å². The molecule has 2 aliphatic heterocycles. The van der Waals surface area contributed by atoms with Crippen molar-refractivity contribution in [2.75, 3.05) is 83.7 Å². The molecule has 2 aromatic carbocycles. The van der Waals surface area contributed by atoms with E-state index in [-0.39, 0.29) is 60.3 Å². The first kappa shape index (κ1) is 103. The fraction of sp³-hybridized carbons (Fsp3) is 0.614. The van der Waals surface area contributed by atoms with Gasteiger partial charge in [-0.2, -0.15) is 0 Å². The Balaban J connectivity index is 0.000000257. The van der Waals surface area contributed by atoms with Gasteiger partial charge in [-0.05, 0) is 302 Å². The van der Waals surface area contributed by atoms with Crippen LogP contribution in [0.5, 0.6) is 0 Å². The van der Waals surface area contributed by atoms with E-state index in [0.29, 0.717) is 84.1 Å². The summed E-state index contributed by atoms with van der Waals surface area (Å²) in [5.74, 6) is 4.30. The van der Waals surface area contributed by atoms with Crippen LogP contribution in [-0.2, 0) is 35.0 Å². The van der Waals surface area contributed by atoms with Crippen LogP contribution in [0, 0.1) is 17.8 Å². The zero-order chi connectivity index (χ0) is 81.9. The molecule has 31 nitrogen and oxygen atoms in total. The number of carbonyl (C=O) groups excluding carboxylic acids is 2. The molecule has 0 unspecified atom stereocenters. The molecular weight excluding hydrogens is 1620 g/mol. The quantitative estimate of drug-likeness (QED) is 0.0349. The van der Waals surface area contributed by atoms with Crippen molar-refractivity contribution in [1.82, 2.24) is 70.5 Å². The summed E-state index contributed by atoms with van der Waals surface area (Å²) in [7, 11) is 0. The molecule has 9 aromatic rings. The first-order valence-corrected chi connectivity index (χ1v) is 42.3. The number of benzene rings is 2. The number of fused-ring (bicyclic) bond motifs is 2. The van der Waals surface area contributed by atoms with Crippen molar-refractivity contribution < 1.29 is 37.8 Å². The first-order chi connectivity index (χ1) is 56.1. The Bertz CT molecular complexity index is 4170. The number of nitrogens with one attached hydrogen (secondary N) is 4. The molecule has 0 amide bonds. The van der Waals surface area contributed by atoms with Crippen molar-refractivity contribution in [1.29, 1.82) is 0 Å². The highest BCUT2D eigenvalue weighted by Gasteiger charge is 2.29. The minimum atomic E-state index is -0.388. The number of halogens is 2. The second kappa shape index (κ2) is 53.8. The predicted octanol–water partition coefficient (Wildman–Crippen LogP) is 16.9. The van der Waals surface area contributed by atoms with E-state index in [4.69, 9.17) is 57.0 Å². The number of nitrogens with two attached hydrogens (primary N) is 3. The number of hydrogen-bond acceptors (Lipinski definition) is 31. The predicted molar refractivity (Wildman–Crippen MR) is 487 cm³/mol. The van der Waals surface area contributed by atoms with Crippen molar-refractivity contribution in [3.05, 3.63) is 132 Å². The van der Waals surface area contributed by atoms with Gasteiger partial charge < -0.3 is 67.2 Å². The lowest BCUT2D eigenvalue weighted by Gasteiger charge is -2.30. The van der Waals surface area contributed by atoms with Crippen LogP contribution in [0.2, 0.25) is 5.28 Å². The Morgan fingerprint density at radius 1 is 0.413 bits per heavy atom. The number of morpholine rings is 2. The lowest BCUT2D eigenvalue weighted by atomic mass is 9.82. The summed E-state index contributed by atoms with van der Waals surface area (Å²) in [5, 5.41) is 29.8. The molecule has 2 saturated heterocycles. The van der Waals surface area contributed by atoms with Gasteiger partial charge in [0.15, 0.2) is 0 Å². The highest BCUT2D eigenvalue weighted by molar-refractivity contribution is 9.10. The monoisotopic (exact) mass is 1760 g/mol. The van der Waals surface area contributed by atoms with Gasteiger partial charge >= 0.3 is 11.9 Å². The Morgan fingerprint density at radius 2 is 0.702 bits per heavy atom. The number of ether oxygens (including phenoxy) is 4. The summed E-state index contributed by atoms with van der Waals surface area (Å²) in [6.07, 6.45) is 41.3. The number of anilines is 6. The van der Waals surface area contributed by atoms with Gasteiger partial charge in [0.1, 0.15) is 33.3 Å². The topological polar surface area (TPSA) is 410 Å². The summed E-state index contributed by atoms with van der Waals surface area (Å²) in [4.78, 5) is 68.8. The second-order valence-electron chi connectivity index (χ2n) is 32.6. The van der Waals surface area contributed by atoms with Crippen molar-refractivity contribution in [3.8, 4) is 0 Å². The minimum Gasteiger partial charge on any atom is -0.460 e. The van der Waals surface area contributed by atoms with Crippen molar-refractivity contribution in [2.45, 2.75) is 280 Å². The molecule has 0 atom stereocenters. The van der Waals surface area contributed by atoms with Gasteiger partial charge in [0.2, 0.25) is 29.1 Å². The van der Waals surface area contributed by atoms with Crippen LogP contribution >= 0.6 is 27.5 Å². The van der Waals surface area contributed by atoms with E-state index in [1.807, 2.05) is 77.9 Å². The Hall–Kier alpha value is -9.05. The third-order valence-electron chi connectivity index (χ3n) is 21.0. The summed E-state index contributed by atoms with van der Waals surface area (Å²) in [6.45, 7) is 18.2. The average molecular weight is 1760 g/mol. The summed E-state index contributed by atoms with van der Waals surface area (Å²) < 4.78 is 32.2. The van der Waals surface area contributed by atoms with Crippen LogP contribution in [0.15, 0.2) is 130 Å². The number of hydrogen-bond donors (Lipinski definition) is 7. The molecule has 0 bridgehead atoms. The van der Waals surface area contributed by atoms with Crippen LogP contribution in [0.3, 0.4) is 0 Å². The van der Waals surface area contributed by atoms with Crippen LogP contribution in [0.4, 0.5) is 35.2 Å². The zero-order valence-corrected chi connectivity index (χ0v) is 70.4. The van der Waals surface area contributed by atoms with Gasteiger partial charge in [0.25, 0.3) is 0 Å². The fourth-order valence-corrected chi connectivity index (χ4v) is 15.6. The number of esters is 2. The number of aromatic nitrogens is 14. The van der Waals surface area contributed by atoms with Crippen LogP contribution in [0.1, 0.15) is 225 Å². The van der Waals surface area contributed by atoms with Crippen molar-refractivity contribution in [2.24, 2.45) is 35.0 Å². The number of rotatable bonds is 16. The Morgan fingerprint density at radius 3 is 1.03 bits per heavy atom. The molecule has 33 heteroatoms. The Labute approximate surface area is 731 Å². The van der Waals surface area contributed by atoms with E-state index in [1.165, 1.54) is 24.1 Å². The lowest BCUT2D eigenvalue weighted by Crippen LogP contribution is -2.36. The van der Waals surface area contributed by atoms with Gasteiger partial charge in [0.05, 0.1) is 30.9 Å². The number of carbonyl (C=O) groups is 2. The summed E-state index contributed by atoms with van der Waals surface area (Å²) >= 11 is 8.79. The smallest absolute Gasteiger partial charge is 0.306 e. The molecule has 668 valence electrons. The van der Waals surface area contributed by atoms with Gasteiger partial charge in [-0.15, -0.1) is 0 Å². The third-order valence-corrected chi connectivity index (χ3v) is 21.8. The molecule has 121 heavy (non-hydrogen) atoms. The van der Waals surface area contributed by atoms with Gasteiger partial charge in [-0.3, -0.25) is 9.59 Å². The normalized spacial score (nSPS) is 21.8. The molecule has 5 saturated carbocycles. The standard InChI is InChI=1S/C21H26N6O2.C16H25N3O2.C12H23NO2.C10H10BrN3O2.2C10H16N4.C4H3ClN2.5CH4/c1-6-22-21(23-7-1)24-17-4-2-15(3-5-17)12-16-13-18(27-8-10-28-11-9-27)14-19-20(16)26-29-25-19;1-16(2,3)21-14(20)11-12-5-7-13(8-6-12)19-15-17-9-4-10-18-15;1-12(2,3)15-11(14)8-9-4-6-10(13)7-5-9;11-8-5-7(14-1-3-15-4-2-14)6-9-10(8)13-16-12-9;2*11-8-2-4-9(5-3-8)14-10-12-6-1-7-13-10;5-4-6-2-1-3-7-4;;;;;/h1,6-7,13-15,17H,2-5,8-12H2,(H,22,23,24);4,9-10,12-13H,5-8,11H2,1-3H3,(H,17,18,19);9-10H,4-8,13H2,1-3H3;5-6H,1-4H2;2*1,6-9H,2-5,11H2,(H,12,13,14);1-3H;5*1H4. The van der Waals surface area contributed by atoms with Crippen molar-refractivity contribution >= 4 is 96.7 Å². The maximum atomic E-state index is 11.8. The van der Waals surface area contributed by atoms with E-state index in [2.05, 4.69) is 130 Å². The highest BCUT2D eigenvalue weighted by atomic mass is 79.9. The first-order valence-electron chi connectivity index (χ1n) is 41.2. The maximum absolute atomic E-state index is 11.8. The van der Waals surface area contributed by atoms with E-state index in [9.17, 15) is 9.59 Å². The van der Waals surface area contributed by atoms with E-state index >= 15 is 0 Å². The molecule has 7 aromatic heterocycles. The average Bonchev–Trinajstić information content (AvgIpc) is 1.72. The summed E-state index contributed by atoms with van der Waals surface area (Å²) in [6, 6.07) is 20.4. The second-order valence-corrected chi connectivity index (χ2v) is 33.8. The highest BCUT2D eigenvalue weighted by Crippen LogP contribution is 2.35. The molecule has 10 N–H and O–H groups in total. The van der Waals surface area contributed by atoms with Crippen LogP contribution in [-0.4, -0.2) is 189 Å². The van der Waals surface area contributed by atoms with Crippen LogP contribution in [0.25, 0.3) is 22.1 Å². The lowest BCUT2D eigenvalue weighted by molar-refractivity contribution is -0.157. The maximum Gasteiger partial charge on any atom is 0.306 e. The Kier molecular flexibility index (Phi) is 45.5. The third kappa shape index (κ3) is 37.7. The molecule has 7 aliphatic rings. The van der Waals surface area contributed by atoms with E-state index < -0.39 is 0 Å². The molecule has 5 aliphatic carbocycles. The molecule has 16 rings (SSSR count). The van der Waals surface area contributed by atoms with Gasteiger partial charge in [-0.25, -0.2) is 59.1 Å². The minimum absolute atomic E-state index is 0. The van der Waals surface area contributed by atoms with Crippen LogP contribution < -0.4 is 48.3 Å². The molecule has 0 spiro atoms. The zero-order valence-electron chi connectivity index (χ0n) is 68.1. The molecular formula is C88H139BrClN23O8. The number of nitrogens with zero attached hydrogens (tertiary/aromatic N) is 16. The molecule has 0 radical (unpaired) electrons. The molecule has 7 fully saturated rings. The molecule has 9 heterocycles. The van der Waals surface area contributed by atoms with Gasteiger partial charge in [-0.1, -0.05) is 37.1 Å². The fourth-order valence-electron chi connectivity index (χ4n) is 14.9.